The Kier molecular flexibility index (Phi) is 7.01. The van der Waals surface area contributed by atoms with E-state index in [1.165, 1.54) is 6.07 Å². The van der Waals surface area contributed by atoms with Crippen LogP contribution in [0.5, 0.6) is 0 Å². The molecule has 1 aromatic heterocycles. The number of para-hydroxylation sites is 1. The summed E-state index contributed by atoms with van der Waals surface area (Å²) < 4.78 is 26.8. The summed E-state index contributed by atoms with van der Waals surface area (Å²) in [6.45, 7) is 1.66. The number of rotatable bonds is 8. The van der Waals surface area contributed by atoms with Gasteiger partial charge in [0.2, 0.25) is 11.8 Å². The average Bonchev–Trinajstić information content (AvgIpc) is 3.24. The summed E-state index contributed by atoms with van der Waals surface area (Å²) in [6, 6.07) is 10.5. The van der Waals surface area contributed by atoms with E-state index in [2.05, 4.69) is 14.9 Å². The zero-order valence-electron chi connectivity index (χ0n) is 15.8. The van der Waals surface area contributed by atoms with Crippen molar-refractivity contribution in [3.63, 3.8) is 0 Å². The van der Waals surface area contributed by atoms with Crippen molar-refractivity contribution in [3.8, 4) is 0 Å². The van der Waals surface area contributed by atoms with Gasteiger partial charge < -0.3 is 11.1 Å². The van der Waals surface area contributed by atoms with Crippen LogP contribution in [-0.4, -0.2) is 44.8 Å². The molecular weight excluding hydrogens is 412 g/mol. The molecule has 1 aliphatic heterocycles. The summed E-state index contributed by atoms with van der Waals surface area (Å²) in [5.41, 5.74) is 6.96. The Morgan fingerprint density at radius 1 is 1.21 bits per heavy atom. The fourth-order valence-corrected chi connectivity index (χ4v) is 5.31. The van der Waals surface area contributed by atoms with Crippen LogP contribution < -0.4 is 15.8 Å². The van der Waals surface area contributed by atoms with Gasteiger partial charge in [-0.25, -0.2) is 13.1 Å². The minimum atomic E-state index is -3.70. The molecule has 2 heterocycles. The minimum absolute atomic E-state index is 0.155. The molecule has 1 aromatic carbocycles. The number of piperidine rings is 1. The van der Waals surface area contributed by atoms with Crippen LogP contribution in [-0.2, 0) is 26.2 Å². The molecular formula is C19H24N4O4S2. The molecule has 0 aliphatic carbocycles. The van der Waals surface area contributed by atoms with E-state index in [1.54, 1.807) is 23.6 Å². The van der Waals surface area contributed by atoms with Crippen LogP contribution in [0.2, 0.25) is 0 Å². The molecule has 0 bridgehead atoms. The quantitative estimate of drug-likeness (QED) is 0.577. The molecule has 1 unspecified atom stereocenters. The Bertz CT molecular complexity index is 960. The van der Waals surface area contributed by atoms with Gasteiger partial charge in [0, 0.05) is 18.8 Å². The maximum Gasteiger partial charge on any atom is 0.250 e. The second-order valence-electron chi connectivity index (χ2n) is 6.94. The first-order valence-corrected chi connectivity index (χ1v) is 11.6. The molecule has 0 saturated carbocycles. The van der Waals surface area contributed by atoms with Crippen molar-refractivity contribution in [3.05, 3.63) is 47.3 Å². The summed E-state index contributed by atoms with van der Waals surface area (Å²) in [6.07, 6.45) is 1.70. The zero-order valence-corrected chi connectivity index (χ0v) is 17.5. The van der Waals surface area contributed by atoms with Gasteiger partial charge >= 0.3 is 0 Å². The number of nitrogens with one attached hydrogen (secondary N) is 2. The molecule has 1 fully saturated rings. The lowest BCUT2D eigenvalue weighted by molar-refractivity contribution is -0.123. The van der Waals surface area contributed by atoms with E-state index in [4.69, 9.17) is 5.73 Å². The normalized spacial score (nSPS) is 17.7. The van der Waals surface area contributed by atoms with Gasteiger partial charge in [-0.1, -0.05) is 24.3 Å². The molecule has 8 nitrogen and oxygen atoms in total. The topological polar surface area (TPSA) is 122 Å². The van der Waals surface area contributed by atoms with Crippen LogP contribution in [0.1, 0.15) is 18.4 Å². The first-order valence-electron chi connectivity index (χ1n) is 9.28. The number of hydrogen-bond acceptors (Lipinski definition) is 6. The standard InChI is InChI=1S/C19H24N4O4S2/c20-19(25)15-6-3-9-23(13-15)12-14-5-1-2-7-16(14)22-17(24)11-21-29(26,27)18-8-4-10-28-18/h1-2,4-5,7-8,10,15,21H,3,6,9,11-13H2,(H2,20,25)(H,22,24). The molecule has 2 amide bonds. The Hall–Kier alpha value is -2.27. The van der Waals surface area contributed by atoms with Crippen LogP contribution in [0.4, 0.5) is 5.69 Å². The number of sulfonamides is 1. The summed E-state index contributed by atoms with van der Waals surface area (Å²) in [4.78, 5) is 25.9. The van der Waals surface area contributed by atoms with Gasteiger partial charge in [-0.15, -0.1) is 11.3 Å². The van der Waals surface area contributed by atoms with E-state index in [9.17, 15) is 18.0 Å². The number of likely N-dealkylation sites (tertiary alicyclic amines) is 1. The molecule has 1 atom stereocenters. The van der Waals surface area contributed by atoms with E-state index in [-0.39, 0.29) is 22.6 Å². The average molecular weight is 437 g/mol. The molecule has 4 N–H and O–H groups in total. The molecule has 29 heavy (non-hydrogen) atoms. The molecule has 2 aromatic rings. The van der Waals surface area contributed by atoms with Crippen LogP contribution in [0.3, 0.4) is 0 Å². The molecule has 10 heteroatoms. The molecule has 1 saturated heterocycles. The number of carbonyl (C=O) groups excluding carboxylic acids is 2. The van der Waals surface area contributed by atoms with Gasteiger partial charge in [0.1, 0.15) is 4.21 Å². The van der Waals surface area contributed by atoms with Gasteiger partial charge in [0.15, 0.2) is 0 Å². The zero-order chi connectivity index (χ0) is 20.9. The number of benzene rings is 1. The van der Waals surface area contributed by atoms with Crippen molar-refractivity contribution in [2.45, 2.75) is 23.6 Å². The largest absolute Gasteiger partial charge is 0.369 e. The second kappa shape index (κ2) is 9.49. The monoisotopic (exact) mass is 436 g/mol. The van der Waals surface area contributed by atoms with E-state index in [1.807, 2.05) is 12.1 Å². The van der Waals surface area contributed by atoms with Crippen molar-refractivity contribution >= 4 is 38.9 Å². The molecule has 3 rings (SSSR count). The lowest BCUT2D eigenvalue weighted by Gasteiger charge is -2.31. The van der Waals surface area contributed by atoms with Crippen molar-refractivity contribution in [2.75, 3.05) is 25.0 Å². The Balaban J connectivity index is 1.60. The highest BCUT2D eigenvalue weighted by Crippen LogP contribution is 2.22. The van der Waals surface area contributed by atoms with E-state index in [0.29, 0.717) is 18.8 Å². The smallest absolute Gasteiger partial charge is 0.250 e. The number of amides is 2. The highest BCUT2D eigenvalue weighted by molar-refractivity contribution is 7.91. The lowest BCUT2D eigenvalue weighted by Crippen LogP contribution is -2.40. The fourth-order valence-electron chi connectivity index (χ4n) is 3.29. The highest BCUT2D eigenvalue weighted by atomic mass is 32.2. The number of nitrogens with zero attached hydrogens (tertiary/aromatic N) is 1. The van der Waals surface area contributed by atoms with Crippen molar-refractivity contribution in [1.29, 1.82) is 0 Å². The van der Waals surface area contributed by atoms with Gasteiger partial charge in [-0.2, -0.15) is 0 Å². The first-order chi connectivity index (χ1) is 13.8. The Labute approximate surface area is 174 Å². The van der Waals surface area contributed by atoms with Crippen molar-refractivity contribution in [2.24, 2.45) is 11.7 Å². The van der Waals surface area contributed by atoms with E-state index < -0.39 is 15.9 Å². The van der Waals surface area contributed by atoms with Crippen molar-refractivity contribution in [1.82, 2.24) is 9.62 Å². The van der Waals surface area contributed by atoms with Crippen molar-refractivity contribution < 1.29 is 18.0 Å². The van der Waals surface area contributed by atoms with Crippen LogP contribution in [0.25, 0.3) is 0 Å². The lowest BCUT2D eigenvalue weighted by atomic mass is 9.97. The number of carbonyl (C=O) groups is 2. The first kappa shape index (κ1) is 21.4. The third kappa shape index (κ3) is 5.86. The fraction of sp³-hybridized carbons (Fsp3) is 0.368. The van der Waals surface area contributed by atoms with Gasteiger partial charge in [0.05, 0.1) is 12.5 Å². The number of thiophene rings is 1. The summed E-state index contributed by atoms with van der Waals surface area (Å²) >= 11 is 1.09. The molecule has 0 radical (unpaired) electrons. The number of primary amides is 1. The second-order valence-corrected chi connectivity index (χ2v) is 9.88. The minimum Gasteiger partial charge on any atom is -0.369 e. The Morgan fingerprint density at radius 3 is 2.72 bits per heavy atom. The molecule has 0 spiro atoms. The SMILES string of the molecule is NC(=O)C1CCCN(Cc2ccccc2NC(=O)CNS(=O)(=O)c2cccs2)C1. The van der Waals surface area contributed by atoms with Gasteiger partial charge in [0.25, 0.3) is 10.0 Å². The summed E-state index contributed by atoms with van der Waals surface area (Å²) in [5.74, 6) is -0.891. The van der Waals surface area contributed by atoms with E-state index >= 15 is 0 Å². The maximum atomic E-state index is 12.3. The van der Waals surface area contributed by atoms with Gasteiger partial charge in [-0.05, 0) is 42.5 Å². The third-order valence-electron chi connectivity index (χ3n) is 4.78. The number of nitrogens with two attached hydrogens (primary N) is 1. The predicted octanol–water partition coefficient (Wildman–Crippen LogP) is 1.36. The van der Waals surface area contributed by atoms with Crippen LogP contribution >= 0.6 is 11.3 Å². The van der Waals surface area contributed by atoms with Crippen LogP contribution in [0.15, 0.2) is 46.0 Å². The van der Waals surface area contributed by atoms with E-state index in [0.717, 1.165) is 36.3 Å². The predicted molar refractivity (Wildman–Crippen MR) is 112 cm³/mol. The van der Waals surface area contributed by atoms with Crippen LogP contribution in [0, 0.1) is 5.92 Å². The highest BCUT2D eigenvalue weighted by Gasteiger charge is 2.24. The Morgan fingerprint density at radius 2 is 2.00 bits per heavy atom. The van der Waals surface area contributed by atoms with Gasteiger partial charge in [-0.3, -0.25) is 14.5 Å². The summed E-state index contributed by atoms with van der Waals surface area (Å²) in [7, 11) is -3.70. The number of hydrogen-bond donors (Lipinski definition) is 3. The third-order valence-corrected chi connectivity index (χ3v) is 7.57. The molecule has 156 valence electrons. The maximum absolute atomic E-state index is 12.3. The summed E-state index contributed by atoms with van der Waals surface area (Å²) in [5, 5.41) is 4.43. The molecule has 1 aliphatic rings. The number of anilines is 1.